The fraction of sp³-hybridized carbons (Fsp3) is 0.409. The molecular weight excluding hydrogens is 416 g/mol. The predicted octanol–water partition coefficient (Wildman–Crippen LogP) is 2.55. The summed E-state index contributed by atoms with van der Waals surface area (Å²) in [7, 11) is -1.24. The first-order valence-electron chi connectivity index (χ1n) is 10.2. The van der Waals surface area contributed by atoms with Gasteiger partial charge in [-0.05, 0) is 32.3 Å². The van der Waals surface area contributed by atoms with Gasteiger partial charge >= 0.3 is 0 Å². The Labute approximate surface area is 181 Å². The van der Waals surface area contributed by atoms with Crippen LogP contribution in [0, 0.1) is 6.92 Å². The van der Waals surface area contributed by atoms with Gasteiger partial charge in [-0.3, -0.25) is 4.79 Å². The Morgan fingerprint density at radius 1 is 1.23 bits per heavy atom. The number of sulfone groups is 1. The van der Waals surface area contributed by atoms with Gasteiger partial charge in [0.2, 0.25) is 5.82 Å². The summed E-state index contributed by atoms with van der Waals surface area (Å²) >= 11 is 0. The van der Waals surface area contributed by atoms with Crippen LogP contribution in [0.15, 0.2) is 36.5 Å². The highest BCUT2D eigenvalue weighted by Crippen LogP contribution is 2.27. The molecule has 1 aliphatic rings. The molecule has 9 heteroatoms. The molecule has 0 atom stereocenters. The highest BCUT2D eigenvalue weighted by atomic mass is 32.2. The van der Waals surface area contributed by atoms with Crippen molar-refractivity contribution in [3.8, 4) is 5.75 Å². The lowest BCUT2D eigenvalue weighted by Gasteiger charge is -2.34. The first-order valence-corrected chi connectivity index (χ1v) is 12.0. The molecule has 3 heterocycles. The van der Waals surface area contributed by atoms with Crippen molar-refractivity contribution in [3.63, 3.8) is 0 Å². The number of carbonyl (C=O) groups is 1. The average Bonchev–Trinajstić information content (AvgIpc) is 3.08. The minimum absolute atomic E-state index is 0.0785. The number of pyridine rings is 1. The molecule has 4 rings (SSSR count). The van der Waals surface area contributed by atoms with Crippen molar-refractivity contribution in [2.24, 2.45) is 7.05 Å². The van der Waals surface area contributed by atoms with E-state index in [1.54, 1.807) is 17.8 Å². The smallest absolute Gasteiger partial charge is 0.287 e. The Hall–Kier alpha value is -2.94. The number of ether oxygens (including phenoxy) is 1. The molecule has 8 nitrogen and oxygen atoms in total. The number of imidazole rings is 1. The van der Waals surface area contributed by atoms with Gasteiger partial charge in [-0.25, -0.2) is 18.4 Å². The van der Waals surface area contributed by atoms with Crippen LogP contribution in [0.1, 0.15) is 41.5 Å². The molecular formula is C22H26N4O4S. The van der Waals surface area contributed by atoms with E-state index in [-0.39, 0.29) is 23.2 Å². The minimum atomic E-state index is -3.01. The highest BCUT2D eigenvalue weighted by molar-refractivity contribution is 7.91. The van der Waals surface area contributed by atoms with Crippen LogP contribution in [0.3, 0.4) is 0 Å². The summed E-state index contributed by atoms with van der Waals surface area (Å²) in [6.07, 6.45) is 2.40. The number of fused-ring (bicyclic) bond motifs is 1. The molecule has 0 radical (unpaired) electrons. The Morgan fingerprint density at radius 2 is 1.90 bits per heavy atom. The van der Waals surface area contributed by atoms with Crippen LogP contribution in [-0.2, 0) is 23.5 Å². The van der Waals surface area contributed by atoms with E-state index >= 15 is 0 Å². The second-order valence-corrected chi connectivity index (χ2v) is 10.7. The van der Waals surface area contributed by atoms with Gasteiger partial charge in [0, 0.05) is 18.2 Å². The summed E-state index contributed by atoms with van der Waals surface area (Å²) in [6, 6.07) is 9.86. The number of nitrogens with one attached hydrogen (secondary N) is 1. The summed E-state index contributed by atoms with van der Waals surface area (Å²) in [4.78, 5) is 21.8. The van der Waals surface area contributed by atoms with Crippen LogP contribution >= 0.6 is 0 Å². The van der Waals surface area contributed by atoms with Crippen molar-refractivity contribution in [2.45, 2.75) is 38.8 Å². The summed E-state index contributed by atoms with van der Waals surface area (Å²) in [6.45, 7) is 4.21. The van der Waals surface area contributed by atoms with E-state index in [0.717, 1.165) is 16.6 Å². The van der Waals surface area contributed by atoms with E-state index in [9.17, 15) is 13.2 Å². The molecule has 1 aromatic carbocycles. The zero-order chi connectivity index (χ0) is 22.2. The molecule has 1 amide bonds. The lowest BCUT2D eigenvalue weighted by molar-refractivity contribution is 0.0886. The molecule has 0 spiro atoms. The molecule has 31 heavy (non-hydrogen) atoms. The molecule has 164 valence electrons. The third-order valence-corrected chi connectivity index (χ3v) is 7.54. The number of benzene rings is 1. The van der Waals surface area contributed by atoms with Gasteiger partial charge in [-0.15, -0.1) is 0 Å². The van der Waals surface area contributed by atoms with E-state index < -0.39 is 15.4 Å². The minimum Gasteiger partial charge on any atom is -0.487 e. The summed E-state index contributed by atoms with van der Waals surface area (Å²) in [5.41, 5.74) is 2.52. The fourth-order valence-electron chi connectivity index (χ4n) is 3.85. The van der Waals surface area contributed by atoms with Gasteiger partial charge in [0.1, 0.15) is 22.2 Å². The summed E-state index contributed by atoms with van der Waals surface area (Å²) in [5.74, 6) is 0.689. The number of carbonyl (C=O) groups excluding carboxylic acids is 1. The average molecular weight is 443 g/mol. The van der Waals surface area contributed by atoms with Crippen molar-refractivity contribution in [2.75, 3.05) is 11.5 Å². The highest BCUT2D eigenvalue weighted by Gasteiger charge is 2.35. The first-order chi connectivity index (χ1) is 14.7. The number of aryl methyl sites for hydroxylation is 2. The van der Waals surface area contributed by atoms with Gasteiger partial charge in [0.05, 0.1) is 23.2 Å². The van der Waals surface area contributed by atoms with Crippen molar-refractivity contribution in [1.82, 2.24) is 19.9 Å². The molecule has 0 saturated carbocycles. The Balaban J connectivity index is 1.56. The van der Waals surface area contributed by atoms with Crippen LogP contribution in [0.2, 0.25) is 0 Å². The molecule has 2 aromatic heterocycles. The number of nitrogens with zero attached hydrogens (tertiary/aromatic N) is 3. The number of amides is 1. The normalized spacial score (nSPS) is 17.4. The second kappa shape index (κ2) is 7.96. The second-order valence-electron chi connectivity index (χ2n) is 8.35. The summed E-state index contributed by atoms with van der Waals surface area (Å²) in [5, 5.41) is 2.99. The molecule has 1 aliphatic heterocycles. The van der Waals surface area contributed by atoms with Gasteiger partial charge < -0.3 is 14.6 Å². The standard InChI is InChI=1S/C22H26N4O4S/c1-15-17(30-14-16-7-5-4-6-8-16)13-23-19-18(15)26(3)20(24-19)21(27)25-22(2)9-11-31(28,29)12-10-22/h4-8,13H,9-12,14H2,1-3H3,(H,25,27). The third-order valence-electron chi connectivity index (χ3n) is 5.89. The van der Waals surface area contributed by atoms with Crippen LogP contribution in [-0.4, -0.2) is 45.9 Å². The predicted molar refractivity (Wildman–Crippen MR) is 118 cm³/mol. The first kappa shape index (κ1) is 21.3. The van der Waals surface area contributed by atoms with E-state index in [0.29, 0.717) is 30.8 Å². The van der Waals surface area contributed by atoms with Gasteiger partial charge in [-0.1, -0.05) is 30.3 Å². The van der Waals surface area contributed by atoms with Gasteiger partial charge in [0.25, 0.3) is 5.91 Å². The van der Waals surface area contributed by atoms with E-state index in [1.807, 2.05) is 44.2 Å². The lowest BCUT2D eigenvalue weighted by Crippen LogP contribution is -2.51. The molecule has 3 aromatic rings. The van der Waals surface area contributed by atoms with Gasteiger partial charge in [-0.2, -0.15) is 0 Å². The lowest BCUT2D eigenvalue weighted by atomic mass is 9.95. The van der Waals surface area contributed by atoms with Crippen molar-refractivity contribution in [1.29, 1.82) is 0 Å². The van der Waals surface area contributed by atoms with Gasteiger partial charge in [0.15, 0.2) is 5.65 Å². The quantitative estimate of drug-likeness (QED) is 0.651. The zero-order valence-corrected chi connectivity index (χ0v) is 18.7. The molecule has 1 N–H and O–H groups in total. The van der Waals surface area contributed by atoms with Crippen LogP contribution in [0.25, 0.3) is 11.2 Å². The van der Waals surface area contributed by atoms with Crippen molar-refractivity contribution in [3.05, 3.63) is 53.5 Å². The molecule has 0 unspecified atom stereocenters. The monoisotopic (exact) mass is 442 g/mol. The third kappa shape index (κ3) is 4.41. The molecule has 0 aliphatic carbocycles. The maximum absolute atomic E-state index is 13.0. The number of hydrogen-bond donors (Lipinski definition) is 1. The maximum Gasteiger partial charge on any atom is 0.287 e. The molecule has 0 bridgehead atoms. The zero-order valence-electron chi connectivity index (χ0n) is 17.9. The largest absolute Gasteiger partial charge is 0.487 e. The van der Waals surface area contributed by atoms with E-state index in [2.05, 4.69) is 15.3 Å². The Kier molecular flexibility index (Phi) is 5.47. The van der Waals surface area contributed by atoms with Crippen LogP contribution in [0.4, 0.5) is 0 Å². The molecule has 1 saturated heterocycles. The van der Waals surface area contributed by atoms with E-state index in [1.165, 1.54) is 0 Å². The van der Waals surface area contributed by atoms with Crippen molar-refractivity contribution >= 4 is 26.9 Å². The van der Waals surface area contributed by atoms with Crippen LogP contribution < -0.4 is 10.1 Å². The van der Waals surface area contributed by atoms with E-state index in [4.69, 9.17) is 4.74 Å². The number of hydrogen-bond acceptors (Lipinski definition) is 6. The maximum atomic E-state index is 13.0. The SMILES string of the molecule is Cc1c(OCc2ccccc2)cnc2nc(C(=O)NC3(C)CCS(=O)(=O)CC3)n(C)c12. The Morgan fingerprint density at radius 3 is 2.58 bits per heavy atom. The number of aromatic nitrogens is 3. The number of rotatable bonds is 5. The van der Waals surface area contributed by atoms with Crippen LogP contribution in [0.5, 0.6) is 5.75 Å². The fourth-order valence-corrected chi connectivity index (χ4v) is 5.58. The topological polar surface area (TPSA) is 103 Å². The summed E-state index contributed by atoms with van der Waals surface area (Å²) < 4.78 is 31.1. The van der Waals surface area contributed by atoms with Crippen molar-refractivity contribution < 1.29 is 17.9 Å². The Bertz CT molecular complexity index is 1220. The molecule has 1 fully saturated rings.